The molecule has 1 fully saturated rings. The van der Waals surface area contributed by atoms with E-state index >= 15 is 0 Å². The summed E-state index contributed by atoms with van der Waals surface area (Å²) in [6.07, 6.45) is 2.74. The number of nitrogens with zero attached hydrogens (tertiary/aromatic N) is 5. The molecule has 31 heavy (non-hydrogen) atoms. The van der Waals surface area contributed by atoms with Crippen molar-refractivity contribution in [2.75, 3.05) is 33.2 Å². The molecule has 4 rings (SSSR count). The largest absolute Gasteiger partial charge is 0.346 e. The lowest BCUT2D eigenvalue weighted by molar-refractivity contribution is -0.127. The molecule has 0 aliphatic carbocycles. The van der Waals surface area contributed by atoms with Crippen molar-refractivity contribution in [2.24, 2.45) is 5.92 Å². The second kappa shape index (κ2) is 9.49. The molecule has 3 heterocycles. The number of fused-ring (bicyclic) bond motifs is 1. The van der Waals surface area contributed by atoms with E-state index in [0.29, 0.717) is 0 Å². The van der Waals surface area contributed by atoms with Crippen LogP contribution in [0.4, 0.5) is 0 Å². The van der Waals surface area contributed by atoms with E-state index in [0.717, 1.165) is 70.2 Å². The first-order valence-electron chi connectivity index (χ1n) is 11.6. The zero-order valence-corrected chi connectivity index (χ0v) is 19.4. The highest BCUT2D eigenvalue weighted by molar-refractivity contribution is 5.79. The first-order chi connectivity index (χ1) is 14.9. The average Bonchev–Trinajstić information content (AvgIpc) is 3.05. The van der Waals surface area contributed by atoms with Crippen LogP contribution in [0.25, 0.3) is 0 Å². The van der Waals surface area contributed by atoms with Crippen LogP contribution in [-0.4, -0.2) is 63.7 Å². The highest BCUT2D eigenvalue weighted by atomic mass is 16.2. The van der Waals surface area contributed by atoms with Gasteiger partial charge >= 0.3 is 0 Å². The Morgan fingerprint density at radius 1 is 1.13 bits per heavy atom. The summed E-state index contributed by atoms with van der Waals surface area (Å²) in [5.41, 5.74) is 4.06. The van der Waals surface area contributed by atoms with Crippen molar-refractivity contribution in [1.82, 2.24) is 29.9 Å². The number of rotatable bonds is 5. The molecule has 0 unspecified atom stereocenters. The number of amides is 1. The zero-order chi connectivity index (χ0) is 22.0. The summed E-state index contributed by atoms with van der Waals surface area (Å²) >= 11 is 0. The molecule has 0 bridgehead atoms. The third-order valence-electron chi connectivity index (χ3n) is 6.88. The van der Waals surface area contributed by atoms with Gasteiger partial charge in [-0.3, -0.25) is 9.69 Å². The van der Waals surface area contributed by atoms with Crippen molar-refractivity contribution < 1.29 is 4.79 Å². The van der Waals surface area contributed by atoms with Gasteiger partial charge in [0.15, 0.2) is 5.82 Å². The van der Waals surface area contributed by atoms with E-state index in [-0.39, 0.29) is 17.9 Å². The molecule has 7 heteroatoms. The predicted molar refractivity (Wildman–Crippen MR) is 122 cm³/mol. The fraction of sp³-hybridized carbons (Fsp3) is 0.625. The molecule has 1 N–H and O–H groups in total. The molecule has 1 amide bonds. The van der Waals surface area contributed by atoms with Crippen LogP contribution >= 0.6 is 0 Å². The maximum absolute atomic E-state index is 12.8. The van der Waals surface area contributed by atoms with Gasteiger partial charge in [-0.25, -0.2) is 0 Å². The Morgan fingerprint density at radius 3 is 2.68 bits per heavy atom. The number of aromatic nitrogens is 3. The fourth-order valence-corrected chi connectivity index (χ4v) is 4.75. The Bertz CT molecular complexity index is 915. The minimum atomic E-state index is -0.126. The Hall–Kier alpha value is -2.25. The van der Waals surface area contributed by atoms with Gasteiger partial charge in [-0.05, 0) is 64.9 Å². The fourth-order valence-electron chi connectivity index (χ4n) is 4.75. The molecule has 168 valence electrons. The van der Waals surface area contributed by atoms with Gasteiger partial charge in [0.2, 0.25) is 5.91 Å². The minimum Gasteiger partial charge on any atom is -0.346 e. The van der Waals surface area contributed by atoms with E-state index < -0.39 is 0 Å². The highest BCUT2D eigenvalue weighted by Crippen LogP contribution is 2.21. The third-order valence-corrected chi connectivity index (χ3v) is 6.88. The van der Waals surface area contributed by atoms with Crippen LogP contribution in [0, 0.1) is 19.8 Å². The molecular weight excluding hydrogens is 388 g/mol. The molecule has 2 aromatic rings. The number of benzene rings is 1. The average molecular weight is 425 g/mol. The first-order valence-corrected chi connectivity index (χ1v) is 11.6. The molecule has 2 aliphatic heterocycles. The molecule has 0 spiro atoms. The molecule has 7 nitrogen and oxygen atoms in total. The number of carbonyl (C=O) groups excluding carboxylic acids is 1. The van der Waals surface area contributed by atoms with Crippen molar-refractivity contribution in [3.63, 3.8) is 0 Å². The standard InChI is InChI=1S/C24H36N6O/c1-17-5-6-18(2)21(15-17)16-29-12-9-22-26-27-23(30(22)14-13-29)19(3)25-24(31)20-7-10-28(4)11-8-20/h5-6,15,19-20H,7-14,16H2,1-4H3,(H,25,31)/t19-/m0/s1. The third kappa shape index (κ3) is 5.15. The van der Waals surface area contributed by atoms with Crippen LogP contribution in [0.5, 0.6) is 0 Å². The van der Waals surface area contributed by atoms with Gasteiger partial charge in [0.25, 0.3) is 0 Å². The number of piperidine rings is 1. The van der Waals surface area contributed by atoms with Gasteiger partial charge in [0.1, 0.15) is 5.82 Å². The highest BCUT2D eigenvalue weighted by Gasteiger charge is 2.27. The van der Waals surface area contributed by atoms with E-state index in [4.69, 9.17) is 0 Å². The SMILES string of the molecule is Cc1ccc(C)c(CN2CCc3nnc([C@H](C)NC(=O)C4CCN(C)CC4)n3CC2)c1. The molecule has 0 radical (unpaired) electrons. The van der Waals surface area contributed by atoms with Crippen LogP contribution in [0.1, 0.15) is 54.1 Å². The van der Waals surface area contributed by atoms with E-state index in [1.807, 2.05) is 6.92 Å². The van der Waals surface area contributed by atoms with Gasteiger partial charge < -0.3 is 14.8 Å². The summed E-state index contributed by atoms with van der Waals surface area (Å²) in [7, 11) is 2.12. The Balaban J connectivity index is 1.38. The van der Waals surface area contributed by atoms with Crippen molar-refractivity contribution in [3.05, 3.63) is 46.5 Å². The smallest absolute Gasteiger partial charge is 0.223 e. The summed E-state index contributed by atoms with van der Waals surface area (Å²) in [5.74, 6) is 2.17. The van der Waals surface area contributed by atoms with Gasteiger partial charge in [-0.2, -0.15) is 0 Å². The summed E-state index contributed by atoms with van der Waals surface area (Å²) in [6.45, 7) is 12.1. The van der Waals surface area contributed by atoms with Crippen LogP contribution < -0.4 is 5.32 Å². The van der Waals surface area contributed by atoms with Gasteiger partial charge in [0.05, 0.1) is 6.04 Å². The van der Waals surface area contributed by atoms with Crippen molar-refractivity contribution in [2.45, 2.75) is 59.2 Å². The molecule has 1 saturated heterocycles. The lowest BCUT2D eigenvalue weighted by Gasteiger charge is -2.29. The van der Waals surface area contributed by atoms with Crippen molar-refractivity contribution in [3.8, 4) is 0 Å². The number of aryl methyl sites for hydroxylation is 2. The summed E-state index contributed by atoms with van der Waals surface area (Å²) in [5, 5.41) is 12.1. The number of carbonyl (C=O) groups is 1. The maximum atomic E-state index is 12.8. The molecule has 1 atom stereocenters. The molecule has 1 aromatic heterocycles. The number of hydrogen-bond donors (Lipinski definition) is 1. The molecule has 2 aliphatic rings. The van der Waals surface area contributed by atoms with Gasteiger partial charge in [-0.1, -0.05) is 23.8 Å². The summed E-state index contributed by atoms with van der Waals surface area (Å²) in [4.78, 5) is 17.6. The van der Waals surface area contributed by atoms with Crippen LogP contribution in [0.2, 0.25) is 0 Å². The number of nitrogens with one attached hydrogen (secondary N) is 1. The number of hydrogen-bond acceptors (Lipinski definition) is 5. The van der Waals surface area contributed by atoms with E-state index in [1.54, 1.807) is 0 Å². The van der Waals surface area contributed by atoms with Crippen LogP contribution in [0.15, 0.2) is 18.2 Å². The number of likely N-dealkylation sites (tertiary alicyclic amines) is 1. The lowest BCUT2D eigenvalue weighted by Crippen LogP contribution is -2.40. The van der Waals surface area contributed by atoms with Crippen LogP contribution in [0.3, 0.4) is 0 Å². The molecule has 0 saturated carbocycles. The topological polar surface area (TPSA) is 66.3 Å². The first kappa shape index (κ1) is 22.0. The van der Waals surface area contributed by atoms with Crippen molar-refractivity contribution >= 4 is 5.91 Å². The maximum Gasteiger partial charge on any atom is 0.223 e. The van der Waals surface area contributed by atoms with Crippen molar-refractivity contribution in [1.29, 1.82) is 0 Å². The second-order valence-corrected chi connectivity index (χ2v) is 9.39. The molecular formula is C24H36N6O. The predicted octanol–water partition coefficient (Wildman–Crippen LogP) is 2.47. The van der Waals surface area contributed by atoms with E-state index in [2.05, 4.69) is 69.0 Å². The Kier molecular flexibility index (Phi) is 6.72. The monoisotopic (exact) mass is 424 g/mol. The Labute approximate surface area is 185 Å². The van der Waals surface area contributed by atoms with E-state index in [9.17, 15) is 4.79 Å². The lowest BCUT2D eigenvalue weighted by atomic mass is 9.96. The van der Waals surface area contributed by atoms with E-state index in [1.165, 1.54) is 16.7 Å². The zero-order valence-electron chi connectivity index (χ0n) is 19.4. The minimum absolute atomic E-state index is 0.109. The molecule has 1 aromatic carbocycles. The van der Waals surface area contributed by atoms with Crippen LogP contribution in [-0.2, 0) is 24.3 Å². The Morgan fingerprint density at radius 2 is 1.90 bits per heavy atom. The normalized spacial score (nSPS) is 19.6. The quantitative estimate of drug-likeness (QED) is 0.799. The summed E-state index contributed by atoms with van der Waals surface area (Å²) in [6, 6.07) is 6.56. The van der Waals surface area contributed by atoms with Gasteiger partial charge in [0, 0.05) is 38.5 Å². The summed E-state index contributed by atoms with van der Waals surface area (Å²) < 4.78 is 2.22. The second-order valence-electron chi connectivity index (χ2n) is 9.39. The van der Waals surface area contributed by atoms with Gasteiger partial charge in [-0.15, -0.1) is 10.2 Å².